The zero-order valence-corrected chi connectivity index (χ0v) is 11.7. The van der Waals surface area contributed by atoms with E-state index in [1.54, 1.807) is 12.1 Å². The van der Waals surface area contributed by atoms with Crippen LogP contribution in [0.4, 0.5) is 5.69 Å². The van der Waals surface area contributed by atoms with Crippen molar-refractivity contribution in [2.75, 3.05) is 5.32 Å². The molecule has 0 saturated heterocycles. The first kappa shape index (κ1) is 14.3. The molecule has 1 atom stereocenters. The number of carbonyl (C=O) groups is 2. The van der Waals surface area contributed by atoms with Gasteiger partial charge in [-0.1, -0.05) is 29.5 Å². The zero-order valence-electron chi connectivity index (χ0n) is 10.9. The van der Waals surface area contributed by atoms with Gasteiger partial charge in [0.1, 0.15) is 0 Å². The van der Waals surface area contributed by atoms with Gasteiger partial charge in [0, 0.05) is 5.69 Å². The van der Waals surface area contributed by atoms with E-state index in [2.05, 4.69) is 10.3 Å². The molecule has 0 spiro atoms. The van der Waals surface area contributed by atoms with Gasteiger partial charge >= 0.3 is 0 Å². The van der Waals surface area contributed by atoms with Crippen LogP contribution in [0.3, 0.4) is 0 Å². The molecule has 0 unspecified atom stereocenters. The van der Waals surface area contributed by atoms with Crippen molar-refractivity contribution in [1.29, 1.82) is 0 Å². The van der Waals surface area contributed by atoms with Gasteiger partial charge in [-0.05, 0) is 19.1 Å². The summed E-state index contributed by atoms with van der Waals surface area (Å²) in [4.78, 5) is 27.3. The van der Waals surface area contributed by atoms with Gasteiger partial charge in [-0.2, -0.15) is 4.99 Å². The van der Waals surface area contributed by atoms with Crippen molar-refractivity contribution in [3.05, 3.63) is 29.8 Å². The molecule has 1 aliphatic rings. The molecule has 1 heterocycles. The standard InChI is InChI=1S/C13H14N4O2S/c1-7-2-4-8(5-3-7)16-12(19)9-6-10(18)17-13(20-9)11(14)15/h2-5,9H,6H2,1H3,(H3,14,15)(H,16,19)/p+1/t9-/m1/s1. The number of amides is 2. The summed E-state index contributed by atoms with van der Waals surface area (Å²) < 4.78 is 0. The fraction of sp³-hybridized carbons (Fsp3) is 0.231. The summed E-state index contributed by atoms with van der Waals surface area (Å²) in [6.07, 6.45) is 0.0408. The second kappa shape index (κ2) is 5.87. The van der Waals surface area contributed by atoms with Crippen LogP contribution in [0.5, 0.6) is 0 Å². The molecular weight excluding hydrogens is 276 g/mol. The van der Waals surface area contributed by atoms with E-state index in [4.69, 9.17) is 11.1 Å². The molecule has 0 fully saturated rings. The van der Waals surface area contributed by atoms with Crippen LogP contribution < -0.4 is 16.5 Å². The Hall–Kier alpha value is -2.15. The summed E-state index contributed by atoms with van der Waals surface area (Å²) in [5.41, 5.74) is 7.20. The van der Waals surface area contributed by atoms with Gasteiger partial charge in [0.15, 0.2) is 5.04 Å². The van der Waals surface area contributed by atoms with Gasteiger partial charge in [0.2, 0.25) is 11.8 Å². The number of anilines is 1. The summed E-state index contributed by atoms with van der Waals surface area (Å²) in [6.45, 7) is 1.96. The zero-order chi connectivity index (χ0) is 14.7. The molecule has 1 aromatic rings. The second-order valence-electron chi connectivity index (χ2n) is 4.43. The molecule has 0 radical (unpaired) electrons. The molecule has 20 heavy (non-hydrogen) atoms. The number of nitrogens with two attached hydrogens (primary N) is 2. The Bertz CT molecular complexity index is 595. The monoisotopic (exact) mass is 291 g/mol. The highest BCUT2D eigenvalue weighted by Gasteiger charge is 2.31. The topological polar surface area (TPSA) is 110 Å². The summed E-state index contributed by atoms with van der Waals surface area (Å²) >= 11 is 1.10. The number of rotatable bonds is 3. The van der Waals surface area contributed by atoms with E-state index in [0.29, 0.717) is 5.69 Å². The Morgan fingerprint density at radius 1 is 1.45 bits per heavy atom. The predicted molar refractivity (Wildman–Crippen MR) is 79.4 cm³/mol. The lowest BCUT2D eigenvalue weighted by Crippen LogP contribution is -2.51. The van der Waals surface area contributed by atoms with Crippen LogP contribution in [0.2, 0.25) is 0 Å². The van der Waals surface area contributed by atoms with Crippen molar-refractivity contribution in [2.24, 2.45) is 10.7 Å². The van der Waals surface area contributed by atoms with E-state index in [-0.39, 0.29) is 23.2 Å². The number of carbonyl (C=O) groups excluding carboxylic acids is 2. The molecular formula is C13H15N4O2S+. The predicted octanol–water partition coefficient (Wildman–Crippen LogP) is -0.520. The highest BCUT2D eigenvalue weighted by Crippen LogP contribution is 2.24. The minimum absolute atomic E-state index is 0.0408. The maximum Gasteiger partial charge on any atom is 0.296 e. The van der Waals surface area contributed by atoms with E-state index in [1.165, 1.54) is 0 Å². The molecule has 0 aliphatic carbocycles. The van der Waals surface area contributed by atoms with Crippen LogP contribution in [0, 0.1) is 6.92 Å². The first-order chi connectivity index (χ1) is 9.45. The van der Waals surface area contributed by atoms with E-state index >= 15 is 0 Å². The molecule has 6 nitrogen and oxygen atoms in total. The summed E-state index contributed by atoms with van der Waals surface area (Å²) in [7, 11) is 0. The first-order valence-corrected chi connectivity index (χ1v) is 6.87. The normalized spacial score (nSPS) is 18.4. The number of nitrogens with one attached hydrogen (secondary N) is 1. The van der Waals surface area contributed by atoms with Crippen LogP contribution >= 0.6 is 11.8 Å². The summed E-state index contributed by atoms with van der Waals surface area (Å²) in [5, 5.41) is 7.82. The number of benzene rings is 1. The lowest BCUT2D eigenvalue weighted by atomic mass is 10.2. The molecule has 1 aromatic carbocycles. The van der Waals surface area contributed by atoms with Crippen molar-refractivity contribution in [3.63, 3.8) is 0 Å². The Labute approximate surface area is 120 Å². The number of aliphatic imine (C=N–C) groups is 1. The quantitative estimate of drug-likeness (QED) is 0.514. The fourth-order valence-electron chi connectivity index (χ4n) is 1.66. The lowest BCUT2D eigenvalue weighted by molar-refractivity contribution is -0.122. The van der Waals surface area contributed by atoms with Crippen LogP contribution in [0.1, 0.15) is 12.0 Å². The molecule has 2 rings (SSSR count). The Morgan fingerprint density at radius 3 is 2.70 bits per heavy atom. The van der Waals surface area contributed by atoms with Gasteiger partial charge in [-0.25, -0.2) is 0 Å². The summed E-state index contributed by atoms with van der Waals surface area (Å²) in [6, 6.07) is 7.41. The van der Waals surface area contributed by atoms with Crippen molar-refractivity contribution >= 4 is 40.1 Å². The maximum atomic E-state index is 12.1. The SMILES string of the molecule is Cc1ccc(NC(=O)[C@H]2CC(=O)N=C(C(N)=[NH2+])S2)cc1. The molecule has 1 aliphatic heterocycles. The average molecular weight is 291 g/mol. The molecule has 2 amide bonds. The smallest absolute Gasteiger partial charge is 0.296 e. The van der Waals surface area contributed by atoms with Gasteiger partial charge in [0.05, 0.1) is 11.7 Å². The van der Waals surface area contributed by atoms with Crippen LogP contribution in [-0.2, 0) is 9.59 Å². The fourth-order valence-corrected chi connectivity index (χ4v) is 2.61. The first-order valence-electron chi connectivity index (χ1n) is 5.99. The van der Waals surface area contributed by atoms with Crippen LogP contribution in [-0.4, -0.2) is 27.9 Å². The summed E-state index contributed by atoms with van der Waals surface area (Å²) in [5.74, 6) is -0.701. The third-order valence-corrected chi connectivity index (χ3v) is 3.91. The number of thioether (sulfide) groups is 1. The van der Waals surface area contributed by atoms with Crippen molar-refractivity contribution < 1.29 is 15.0 Å². The third-order valence-electron chi connectivity index (χ3n) is 2.70. The van der Waals surface area contributed by atoms with Gasteiger partial charge in [-0.15, -0.1) is 0 Å². The number of aryl methyl sites for hydroxylation is 1. The van der Waals surface area contributed by atoms with Crippen LogP contribution in [0.15, 0.2) is 29.3 Å². The highest BCUT2D eigenvalue weighted by molar-refractivity contribution is 8.16. The molecule has 0 bridgehead atoms. The second-order valence-corrected chi connectivity index (χ2v) is 5.62. The van der Waals surface area contributed by atoms with Gasteiger partial charge in [-0.3, -0.25) is 20.7 Å². The maximum absolute atomic E-state index is 12.1. The average Bonchev–Trinajstić information content (AvgIpc) is 2.40. The van der Waals surface area contributed by atoms with Crippen molar-refractivity contribution in [3.8, 4) is 0 Å². The molecule has 5 N–H and O–H groups in total. The Morgan fingerprint density at radius 2 is 2.10 bits per heavy atom. The number of hydrogen-bond donors (Lipinski definition) is 3. The van der Waals surface area contributed by atoms with Crippen molar-refractivity contribution in [2.45, 2.75) is 18.6 Å². The van der Waals surface area contributed by atoms with Gasteiger partial charge < -0.3 is 5.32 Å². The minimum atomic E-state index is -0.571. The van der Waals surface area contributed by atoms with E-state index < -0.39 is 11.2 Å². The number of nitrogens with zero attached hydrogens (tertiary/aromatic N) is 1. The Balaban J connectivity index is 2.06. The third kappa shape index (κ3) is 3.45. The lowest BCUT2D eigenvalue weighted by Gasteiger charge is -2.18. The Kier molecular flexibility index (Phi) is 4.19. The molecule has 0 aromatic heterocycles. The molecule has 104 valence electrons. The highest BCUT2D eigenvalue weighted by atomic mass is 32.2. The van der Waals surface area contributed by atoms with Crippen molar-refractivity contribution in [1.82, 2.24) is 0 Å². The van der Waals surface area contributed by atoms with E-state index in [1.807, 2.05) is 19.1 Å². The molecule has 0 saturated carbocycles. The van der Waals surface area contributed by atoms with Gasteiger partial charge in [0.25, 0.3) is 5.84 Å². The number of hydrogen-bond acceptors (Lipinski definition) is 3. The number of amidine groups is 1. The minimum Gasteiger partial charge on any atom is -0.325 e. The van der Waals surface area contributed by atoms with E-state index in [9.17, 15) is 9.59 Å². The van der Waals surface area contributed by atoms with E-state index in [0.717, 1.165) is 17.3 Å². The molecule has 7 heteroatoms. The largest absolute Gasteiger partial charge is 0.325 e. The van der Waals surface area contributed by atoms with Crippen LogP contribution in [0.25, 0.3) is 0 Å².